The molecule has 112 valence electrons. The van der Waals surface area contributed by atoms with Crippen molar-refractivity contribution in [3.8, 4) is 5.75 Å². The van der Waals surface area contributed by atoms with E-state index in [4.69, 9.17) is 22.1 Å². The molecule has 21 heavy (non-hydrogen) atoms. The largest absolute Gasteiger partial charge is 0.492 e. The van der Waals surface area contributed by atoms with Crippen LogP contribution in [0.4, 0.5) is 13.2 Å². The van der Waals surface area contributed by atoms with Crippen molar-refractivity contribution in [3.05, 3.63) is 41.4 Å². The Hall–Kier alpha value is -1.53. The summed E-state index contributed by atoms with van der Waals surface area (Å²) in [5.74, 6) is -1.68. The van der Waals surface area contributed by atoms with Crippen LogP contribution in [0.1, 0.15) is 0 Å². The first kappa shape index (κ1) is 15.9. The Morgan fingerprint density at radius 1 is 1.19 bits per heavy atom. The van der Waals surface area contributed by atoms with E-state index < -0.39 is 23.7 Å². The lowest BCUT2D eigenvalue weighted by Gasteiger charge is -2.20. The van der Waals surface area contributed by atoms with Crippen LogP contribution < -0.4 is 10.5 Å². The number of hydrogen-bond acceptors (Lipinski definition) is 2. The van der Waals surface area contributed by atoms with Crippen LogP contribution in [0.25, 0.3) is 10.8 Å². The first-order valence-electron chi connectivity index (χ1n) is 5.97. The van der Waals surface area contributed by atoms with Crippen molar-refractivity contribution in [1.82, 2.24) is 0 Å². The van der Waals surface area contributed by atoms with Crippen molar-refractivity contribution >= 4 is 39.6 Å². The summed E-state index contributed by atoms with van der Waals surface area (Å²) in [6.07, 6.45) is -4.53. The fraction of sp³-hybridized carbons (Fsp3) is 0.214. The van der Waals surface area contributed by atoms with E-state index in [-0.39, 0.29) is 0 Å². The van der Waals surface area contributed by atoms with Gasteiger partial charge in [0.05, 0.1) is 4.99 Å². The predicted molar refractivity (Wildman–Crippen MR) is 80.8 cm³/mol. The van der Waals surface area contributed by atoms with Gasteiger partial charge in [0.2, 0.25) is 0 Å². The van der Waals surface area contributed by atoms with Gasteiger partial charge in [0.25, 0.3) is 0 Å². The molecule has 2 aromatic carbocycles. The first-order chi connectivity index (χ1) is 9.80. The Bertz CT molecular complexity index is 675. The van der Waals surface area contributed by atoms with E-state index in [2.05, 4.69) is 12.2 Å². The fourth-order valence-corrected chi connectivity index (χ4v) is 2.30. The molecule has 0 amide bonds. The van der Waals surface area contributed by atoms with Gasteiger partial charge in [-0.15, -0.1) is 0 Å². The molecule has 0 aliphatic heterocycles. The van der Waals surface area contributed by atoms with Crippen LogP contribution in [-0.2, 0) is 0 Å². The molecular formula is C14H11ClF3NOS. The number of ether oxygens (including phenoxy) is 1. The maximum Gasteiger partial charge on any atom is 0.401 e. The lowest BCUT2D eigenvalue weighted by Crippen LogP contribution is -2.38. The molecular weight excluding hydrogens is 323 g/mol. The van der Waals surface area contributed by atoms with Gasteiger partial charge in [0.1, 0.15) is 18.3 Å². The van der Waals surface area contributed by atoms with Crippen molar-refractivity contribution in [1.29, 1.82) is 0 Å². The average Bonchev–Trinajstić information content (AvgIpc) is 2.40. The van der Waals surface area contributed by atoms with Crippen LogP contribution in [0.2, 0.25) is 5.02 Å². The average molecular weight is 334 g/mol. The lowest BCUT2D eigenvalue weighted by molar-refractivity contribution is -0.161. The molecule has 2 N–H and O–H groups in total. The van der Waals surface area contributed by atoms with Crippen molar-refractivity contribution in [2.75, 3.05) is 6.61 Å². The molecule has 1 unspecified atom stereocenters. The summed E-state index contributed by atoms with van der Waals surface area (Å²) in [7, 11) is 0. The van der Waals surface area contributed by atoms with Gasteiger partial charge in [0.15, 0.2) is 0 Å². The van der Waals surface area contributed by atoms with Crippen LogP contribution >= 0.6 is 23.8 Å². The highest BCUT2D eigenvalue weighted by Gasteiger charge is 2.42. The van der Waals surface area contributed by atoms with Crippen LogP contribution in [0, 0.1) is 5.92 Å². The summed E-state index contributed by atoms with van der Waals surface area (Å²) in [4.78, 5) is -0.638. The third-order valence-electron chi connectivity index (χ3n) is 2.97. The molecule has 0 saturated heterocycles. The minimum Gasteiger partial charge on any atom is -0.492 e. The minimum absolute atomic E-state index is 0.306. The highest BCUT2D eigenvalue weighted by atomic mass is 35.5. The second-order valence-corrected chi connectivity index (χ2v) is 5.28. The molecule has 1 atom stereocenters. The lowest BCUT2D eigenvalue weighted by atomic mass is 10.1. The number of rotatable bonds is 4. The molecule has 0 aliphatic rings. The number of alkyl halides is 3. The molecule has 0 aliphatic carbocycles. The van der Waals surface area contributed by atoms with E-state index in [0.29, 0.717) is 21.5 Å². The number of hydrogen-bond donors (Lipinski definition) is 1. The molecule has 2 nitrogen and oxygen atoms in total. The SMILES string of the molecule is NC(=S)C(COc1ccc(Cl)c2ccccc12)C(F)(F)F. The number of thiocarbonyl (C=S) groups is 1. The smallest absolute Gasteiger partial charge is 0.401 e. The van der Waals surface area contributed by atoms with E-state index in [9.17, 15) is 13.2 Å². The molecule has 0 spiro atoms. The van der Waals surface area contributed by atoms with E-state index in [0.717, 1.165) is 0 Å². The predicted octanol–water partition coefficient (Wildman–Crippen LogP) is 4.34. The Balaban J connectivity index is 2.28. The molecule has 0 fully saturated rings. The normalized spacial score (nSPS) is 13.1. The van der Waals surface area contributed by atoms with Gasteiger partial charge in [-0.3, -0.25) is 0 Å². The van der Waals surface area contributed by atoms with Crippen molar-refractivity contribution < 1.29 is 17.9 Å². The summed E-state index contributed by atoms with van der Waals surface area (Å²) in [5.41, 5.74) is 5.13. The summed E-state index contributed by atoms with van der Waals surface area (Å²) < 4.78 is 43.6. The summed E-state index contributed by atoms with van der Waals surface area (Å²) in [6, 6.07) is 10.1. The highest BCUT2D eigenvalue weighted by molar-refractivity contribution is 7.80. The topological polar surface area (TPSA) is 35.2 Å². The summed E-state index contributed by atoms with van der Waals surface area (Å²) in [6.45, 7) is -0.662. The zero-order chi connectivity index (χ0) is 15.6. The van der Waals surface area contributed by atoms with Gasteiger partial charge >= 0.3 is 6.18 Å². The summed E-state index contributed by atoms with van der Waals surface area (Å²) in [5, 5.41) is 1.84. The Labute approximate surface area is 129 Å². The number of fused-ring (bicyclic) bond motifs is 1. The quantitative estimate of drug-likeness (QED) is 0.845. The van der Waals surface area contributed by atoms with Crippen LogP contribution in [0.15, 0.2) is 36.4 Å². The number of benzene rings is 2. The van der Waals surface area contributed by atoms with Gasteiger partial charge < -0.3 is 10.5 Å². The number of halogens is 4. The first-order valence-corrected chi connectivity index (χ1v) is 6.75. The van der Waals surface area contributed by atoms with Gasteiger partial charge in [0, 0.05) is 15.8 Å². The molecule has 0 bridgehead atoms. The van der Waals surface area contributed by atoms with Crippen LogP contribution in [-0.4, -0.2) is 17.8 Å². The van der Waals surface area contributed by atoms with Gasteiger partial charge in [-0.1, -0.05) is 48.1 Å². The second-order valence-electron chi connectivity index (χ2n) is 4.40. The van der Waals surface area contributed by atoms with Gasteiger partial charge in [-0.2, -0.15) is 13.2 Å². The van der Waals surface area contributed by atoms with Crippen molar-refractivity contribution in [2.24, 2.45) is 11.7 Å². The van der Waals surface area contributed by atoms with E-state index in [1.807, 2.05) is 0 Å². The third kappa shape index (κ3) is 3.57. The van der Waals surface area contributed by atoms with Crippen LogP contribution in [0.5, 0.6) is 5.75 Å². The summed E-state index contributed by atoms with van der Waals surface area (Å²) >= 11 is 10.5. The van der Waals surface area contributed by atoms with Crippen molar-refractivity contribution in [2.45, 2.75) is 6.18 Å². The standard InChI is InChI=1S/C14H11ClF3NOS/c15-11-5-6-12(9-4-2-1-3-8(9)11)20-7-10(13(19)21)14(16,17)18/h1-6,10H,7H2,(H2,19,21). The van der Waals surface area contributed by atoms with Gasteiger partial charge in [-0.05, 0) is 12.1 Å². The molecule has 0 saturated carbocycles. The Kier molecular flexibility index (Phi) is 4.58. The third-order valence-corrected chi connectivity index (χ3v) is 3.59. The zero-order valence-electron chi connectivity index (χ0n) is 10.7. The molecule has 7 heteroatoms. The monoisotopic (exact) mass is 333 g/mol. The van der Waals surface area contributed by atoms with E-state index in [1.165, 1.54) is 6.07 Å². The fourth-order valence-electron chi connectivity index (χ4n) is 1.87. The van der Waals surface area contributed by atoms with Gasteiger partial charge in [-0.25, -0.2) is 0 Å². The molecule has 0 heterocycles. The molecule has 2 aromatic rings. The maximum absolute atomic E-state index is 12.8. The number of nitrogens with two attached hydrogens (primary N) is 1. The molecule has 0 radical (unpaired) electrons. The van der Waals surface area contributed by atoms with Crippen molar-refractivity contribution in [3.63, 3.8) is 0 Å². The van der Waals surface area contributed by atoms with Crippen LogP contribution in [0.3, 0.4) is 0 Å². The molecule has 0 aromatic heterocycles. The molecule has 2 rings (SSSR count). The van der Waals surface area contributed by atoms with E-state index in [1.54, 1.807) is 30.3 Å². The van der Waals surface area contributed by atoms with E-state index >= 15 is 0 Å². The second kappa shape index (κ2) is 6.07. The minimum atomic E-state index is -4.53. The Morgan fingerprint density at radius 3 is 2.38 bits per heavy atom. The maximum atomic E-state index is 12.8. The highest BCUT2D eigenvalue weighted by Crippen LogP contribution is 2.33. The zero-order valence-corrected chi connectivity index (χ0v) is 12.2. The Morgan fingerprint density at radius 2 is 1.81 bits per heavy atom.